The molecule has 0 saturated heterocycles. The standard InChI is InChI=1S/C22H24N4O4/c1-4-30-20(28)14-13-19(27)23-17-9-11-18(12-10-17)26-21(24-22(25-26)29-3)16-7-5-15(2)6-8-16/h5-12H,4,13-14H2,1-3H3,(H,23,27). The number of esters is 1. The van der Waals surface area contributed by atoms with Crippen molar-refractivity contribution in [3.63, 3.8) is 0 Å². The van der Waals surface area contributed by atoms with E-state index in [-0.39, 0.29) is 30.7 Å². The van der Waals surface area contributed by atoms with Gasteiger partial charge in [0.2, 0.25) is 5.91 Å². The van der Waals surface area contributed by atoms with Gasteiger partial charge in [0.15, 0.2) is 5.82 Å². The van der Waals surface area contributed by atoms with Crippen molar-refractivity contribution < 1.29 is 19.1 Å². The van der Waals surface area contributed by atoms with Crippen LogP contribution in [0.1, 0.15) is 25.3 Å². The number of hydrogen-bond donors (Lipinski definition) is 1. The molecule has 0 unspecified atom stereocenters. The van der Waals surface area contributed by atoms with Gasteiger partial charge in [-0.15, -0.1) is 5.10 Å². The zero-order valence-corrected chi connectivity index (χ0v) is 17.2. The molecule has 2 aromatic carbocycles. The Labute approximate surface area is 174 Å². The molecule has 0 fully saturated rings. The molecule has 0 saturated carbocycles. The Bertz CT molecular complexity index is 1010. The molecule has 8 nitrogen and oxygen atoms in total. The Morgan fingerprint density at radius 1 is 1.03 bits per heavy atom. The molecule has 0 aliphatic carbocycles. The first kappa shape index (κ1) is 21.0. The largest absolute Gasteiger partial charge is 0.466 e. The van der Waals surface area contributed by atoms with Crippen molar-refractivity contribution in [2.75, 3.05) is 19.0 Å². The van der Waals surface area contributed by atoms with E-state index in [9.17, 15) is 9.59 Å². The van der Waals surface area contributed by atoms with Crippen LogP contribution in [0.3, 0.4) is 0 Å². The summed E-state index contributed by atoms with van der Waals surface area (Å²) in [6.45, 7) is 4.06. The highest BCUT2D eigenvalue weighted by Gasteiger charge is 2.14. The predicted molar refractivity (Wildman–Crippen MR) is 113 cm³/mol. The number of nitrogens with one attached hydrogen (secondary N) is 1. The summed E-state index contributed by atoms with van der Waals surface area (Å²) in [4.78, 5) is 27.8. The van der Waals surface area contributed by atoms with E-state index in [1.807, 2.05) is 43.3 Å². The Morgan fingerprint density at radius 2 is 1.73 bits per heavy atom. The quantitative estimate of drug-likeness (QED) is 0.573. The van der Waals surface area contributed by atoms with Gasteiger partial charge in [0.25, 0.3) is 0 Å². The summed E-state index contributed by atoms with van der Waals surface area (Å²) in [6, 6.07) is 15.4. The summed E-state index contributed by atoms with van der Waals surface area (Å²) in [7, 11) is 1.52. The first-order valence-corrected chi connectivity index (χ1v) is 9.64. The maximum Gasteiger partial charge on any atom is 0.336 e. The van der Waals surface area contributed by atoms with Crippen LogP contribution in [-0.4, -0.2) is 40.4 Å². The molecule has 3 aromatic rings. The van der Waals surface area contributed by atoms with Crippen LogP contribution in [0.5, 0.6) is 6.01 Å². The normalized spacial score (nSPS) is 10.5. The molecular formula is C22H24N4O4. The summed E-state index contributed by atoms with van der Waals surface area (Å²) < 4.78 is 11.7. The number of methoxy groups -OCH3 is 1. The van der Waals surface area contributed by atoms with Gasteiger partial charge in [0.05, 0.1) is 25.8 Å². The van der Waals surface area contributed by atoms with Crippen LogP contribution < -0.4 is 10.1 Å². The van der Waals surface area contributed by atoms with Gasteiger partial charge >= 0.3 is 12.0 Å². The second-order valence-electron chi connectivity index (χ2n) is 6.60. The summed E-state index contributed by atoms with van der Waals surface area (Å²) in [5.41, 5.74) is 3.45. The molecule has 3 rings (SSSR count). The molecule has 0 atom stereocenters. The van der Waals surface area contributed by atoms with Gasteiger partial charge in [-0.2, -0.15) is 4.98 Å². The first-order valence-electron chi connectivity index (χ1n) is 9.64. The number of ether oxygens (including phenoxy) is 2. The highest BCUT2D eigenvalue weighted by molar-refractivity contribution is 5.92. The van der Waals surface area contributed by atoms with E-state index >= 15 is 0 Å². The molecule has 1 N–H and O–H groups in total. The Hall–Kier alpha value is -3.68. The number of anilines is 1. The minimum absolute atomic E-state index is 0.0520. The van der Waals surface area contributed by atoms with Crippen LogP contribution in [0.4, 0.5) is 5.69 Å². The van der Waals surface area contributed by atoms with E-state index in [1.165, 1.54) is 7.11 Å². The molecular weight excluding hydrogens is 384 g/mol. The topological polar surface area (TPSA) is 95.3 Å². The molecule has 156 valence electrons. The molecule has 0 spiro atoms. The van der Waals surface area contributed by atoms with Crippen molar-refractivity contribution in [2.24, 2.45) is 0 Å². The van der Waals surface area contributed by atoms with Crippen LogP contribution in [0, 0.1) is 6.92 Å². The van der Waals surface area contributed by atoms with Gasteiger partial charge in [-0.05, 0) is 38.1 Å². The molecule has 0 aliphatic rings. The number of carbonyl (C=O) groups is 2. The van der Waals surface area contributed by atoms with Crippen molar-refractivity contribution in [3.8, 4) is 23.1 Å². The average molecular weight is 408 g/mol. The van der Waals surface area contributed by atoms with Crippen molar-refractivity contribution >= 4 is 17.6 Å². The second-order valence-corrected chi connectivity index (χ2v) is 6.60. The Balaban J connectivity index is 1.75. The van der Waals surface area contributed by atoms with Crippen molar-refractivity contribution in [3.05, 3.63) is 54.1 Å². The Morgan fingerprint density at radius 3 is 2.37 bits per heavy atom. The number of carbonyl (C=O) groups excluding carboxylic acids is 2. The van der Waals surface area contributed by atoms with E-state index < -0.39 is 0 Å². The zero-order chi connectivity index (χ0) is 21.5. The highest BCUT2D eigenvalue weighted by atomic mass is 16.5. The summed E-state index contributed by atoms with van der Waals surface area (Å²) in [6.07, 6.45) is 0.120. The number of aromatic nitrogens is 3. The number of rotatable bonds is 8. The lowest BCUT2D eigenvalue weighted by Gasteiger charge is -2.09. The molecule has 1 heterocycles. The fourth-order valence-corrected chi connectivity index (χ4v) is 2.81. The van der Waals surface area contributed by atoms with Gasteiger partial charge in [-0.25, -0.2) is 4.68 Å². The van der Waals surface area contributed by atoms with Gasteiger partial charge in [0, 0.05) is 17.7 Å². The van der Waals surface area contributed by atoms with Crippen LogP contribution in [0.25, 0.3) is 17.1 Å². The minimum atomic E-state index is -0.383. The third-order valence-corrected chi connectivity index (χ3v) is 4.34. The lowest BCUT2D eigenvalue weighted by Crippen LogP contribution is -2.14. The SMILES string of the molecule is CCOC(=O)CCC(=O)Nc1ccc(-n2nc(OC)nc2-c2ccc(C)cc2)cc1. The summed E-state index contributed by atoms with van der Waals surface area (Å²) in [5.74, 6) is 0.0170. The van der Waals surface area contributed by atoms with Crippen molar-refractivity contribution in [2.45, 2.75) is 26.7 Å². The molecule has 30 heavy (non-hydrogen) atoms. The van der Waals surface area contributed by atoms with E-state index in [1.54, 1.807) is 23.7 Å². The molecule has 1 aromatic heterocycles. The smallest absolute Gasteiger partial charge is 0.336 e. The lowest BCUT2D eigenvalue weighted by molar-refractivity contribution is -0.144. The van der Waals surface area contributed by atoms with E-state index in [2.05, 4.69) is 15.4 Å². The minimum Gasteiger partial charge on any atom is -0.466 e. The number of nitrogens with zero attached hydrogens (tertiary/aromatic N) is 3. The van der Waals surface area contributed by atoms with Crippen molar-refractivity contribution in [1.82, 2.24) is 14.8 Å². The van der Waals surface area contributed by atoms with E-state index in [0.29, 0.717) is 18.1 Å². The highest BCUT2D eigenvalue weighted by Crippen LogP contribution is 2.24. The summed E-state index contributed by atoms with van der Waals surface area (Å²) in [5, 5.41) is 7.17. The van der Waals surface area contributed by atoms with Crippen LogP contribution >= 0.6 is 0 Å². The number of benzene rings is 2. The molecule has 0 aliphatic heterocycles. The molecule has 8 heteroatoms. The predicted octanol–water partition coefficient (Wildman–Crippen LogP) is 3.53. The van der Waals surface area contributed by atoms with E-state index in [0.717, 1.165) is 16.8 Å². The lowest BCUT2D eigenvalue weighted by atomic mass is 10.1. The first-order chi connectivity index (χ1) is 14.5. The van der Waals surface area contributed by atoms with Gasteiger partial charge < -0.3 is 14.8 Å². The fraction of sp³-hybridized carbons (Fsp3) is 0.273. The molecule has 0 radical (unpaired) electrons. The van der Waals surface area contributed by atoms with Crippen LogP contribution in [-0.2, 0) is 14.3 Å². The number of aryl methyl sites for hydroxylation is 1. The maximum atomic E-state index is 12.0. The van der Waals surface area contributed by atoms with Gasteiger partial charge in [-0.3, -0.25) is 9.59 Å². The van der Waals surface area contributed by atoms with E-state index in [4.69, 9.17) is 9.47 Å². The molecule has 1 amide bonds. The molecule has 0 bridgehead atoms. The Kier molecular flexibility index (Phi) is 6.79. The number of hydrogen-bond acceptors (Lipinski definition) is 6. The second kappa shape index (κ2) is 9.69. The monoisotopic (exact) mass is 408 g/mol. The summed E-state index contributed by atoms with van der Waals surface area (Å²) >= 11 is 0. The maximum absolute atomic E-state index is 12.0. The fourth-order valence-electron chi connectivity index (χ4n) is 2.81. The third kappa shape index (κ3) is 5.22. The zero-order valence-electron chi connectivity index (χ0n) is 17.2. The average Bonchev–Trinajstić information content (AvgIpc) is 3.18. The number of amides is 1. The van der Waals surface area contributed by atoms with Gasteiger partial charge in [-0.1, -0.05) is 29.8 Å². The van der Waals surface area contributed by atoms with Crippen molar-refractivity contribution in [1.29, 1.82) is 0 Å². The van der Waals surface area contributed by atoms with Crippen LogP contribution in [0.2, 0.25) is 0 Å². The van der Waals surface area contributed by atoms with Gasteiger partial charge in [0.1, 0.15) is 0 Å². The van der Waals surface area contributed by atoms with Crippen LogP contribution in [0.15, 0.2) is 48.5 Å². The third-order valence-electron chi connectivity index (χ3n) is 4.34.